The number of benzene rings is 2. The number of nitrogens with zero attached hydrogens (tertiary/aromatic N) is 2. The van der Waals surface area contributed by atoms with Crippen LogP contribution in [0.1, 0.15) is 18.5 Å². The van der Waals surface area contributed by atoms with E-state index < -0.39 is 38.4 Å². The number of hydrogen-bond donors (Lipinski definition) is 2. The molecule has 0 aromatic heterocycles. The smallest absolute Gasteiger partial charge is 0.294 e. The summed E-state index contributed by atoms with van der Waals surface area (Å²) in [5.74, 6) is -2.15. The minimum absolute atomic E-state index is 0.167. The van der Waals surface area contributed by atoms with Gasteiger partial charge < -0.3 is 5.11 Å². The number of aliphatic hydroxyl groups excluding tert-OH is 1. The van der Waals surface area contributed by atoms with Gasteiger partial charge in [-0.15, -0.1) is 0 Å². The summed E-state index contributed by atoms with van der Waals surface area (Å²) in [6, 6.07) is 9.15. The molecule has 150 valence electrons. The predicted molar refractivity (Wildman–Crippen MR) is 101 cm³/mol. The van der Waals surface area contributed by atoms with Crippen LogP contribution in [0, 0.1) is 10.1 Å². The second-order valence-corrected chi connectivity index (χ2v) is 7.85. The summed E-state index contributed by atoms with van der Waals surface area (Å²) in [5, 5.41) is 26.2. The van der Waals surface area contributed by atoms with E-state index in [1.54, 1.807) is 0 Å². The molecular formula is C18H15N3O7S. The molecule has 3 rings (SSSR count). The van der Waals surface area contributed by atoms with Crippen molar-refractivity contribution in [2.45, 2.75) is 17.9 Å². The molecule has 0 spiro atoms. The summed E-state index contributed by atoms with van der Waals surface area (Å²) in [4.78, 5) is 36.0. The molecule has 2 aromatic rings. The quantitative estimate of drug-likeness (QED) is 0.553. The van der Waals surface area contributed by atoms with Gasteiger partial charge >= 0.3 is 0 Å². The van der Waals surface area contributed by atoms with Gasteiger partial charge in [0.1, 0.15) is 0 Å². The zero-order valence-electron chi connectivity index (χ0n) is 15.0. The number of Topliss-reactive ketones (excluding diaryl/α,β-unsaturated/α-hetero) is 1. The average molecular weight is 417 g/mol. The van der Waals surface area contributed by atoms with Gasteiger partial charge in [-0.2, -0.15) is 0 Å². The first-order valence-electron chi connectivity index (χ1n) is 8.17. The Labute approximate surface area is 165 Å². The molecule has 0 aliphatic carbocycles. The molecule has 1 heterocycles. The number of hydrogen-bond acceptors (Lipinski definition) is 7. The Bertz CT molecular complexity index is 1150. The van der Waals surface area contributed by atoms with Crippen molar-refractivity contribution in [3.05, 3.63) is 75.5 Å². The molecule has 0 bridgehead atoms. The Balaban J connectivity index is 2.13. The highest BCUT2D eigenvalue weighted by atomic mass is 32.2. The van der Waals surface area contributed by atoms with Gasteiger partial charge in [0.15, 0.2) is 11.5 Å². The molecule has 1 aliphatic rings. The van der Waals surface area contributed by atoms with Gasteiger partial charge in [0, 0.05) is 17.8 Å². The number of anilines is 1. The number of sulfonamides is 1. The Kier molecular flexibility index (Phi) is 4.95. The lowest BCUT2D eigenvalue weighted by Crippen LogP contribution is -2.30. The van der Waals surface area contributed by atoms with Gasteiger partial charge in [0.05, 0.1) is 21.4 Å². The third kappa shape index (κ3) is 3.60. The first kappa shape index (κ1) is 20.2. The summed E-state index contributed by atoms with van der Waals surface area (Å²) in [5.41, 5.74) is 0.210. The maximum atomic E-state index is 12.7. The van der Waals surface area contributed by atoms with Crippen molar-refractivity contribution >= 4 is 33.1 Å². The number of carbonyl (C=O) groups is 2. The molecule has 2 aromatic carbocycles. The van der Waals surface area contributed by atoms with E-state index in [2.05, 4.69) is 0 Å². The summed E-state index contributed by atoms with van der Waals surface area (Å²) >= 11 is 0. The zero-order chi connectivity index (χ0) is 21.5. The number of amides is 1. The van der Waals surface area contributed by atoms with Crippen LogP contribution in [-0.4, -0.2) is 30.1 Å². The molecule has 0 saturated carbocycles. The van der Waals surface area contributed by atoms with Gasteiger partial charge in [0.2, 0.25) is 10.0 Å². The molecule has 29 heavy (non-hydrogen) atoms. The van der Waals surface area contributed by atoms with Crippen molar-refractivity contribution in [3.63, 3.8) is 0 Å². The Hall–Kier alpha value is -3.57. The van der Waals surface area contributed by atoms with Crippen molar-refractivity contribution in [1.29, 1.82) is 0 Å². The maximum absolute atomic E-state index is 12.7. The Morgan fingerprint density at radius 3 is 2.14 bits per heavy atom. The van der Waals surface area contributed by atoms with E-state index in [0.29, 0.717) is 5.56 Å². The highest BCUT2D eigenvalue weighted by Crippen LogP contribution is 2.41. The van der Waals surface area contributed by atoms with E-state index in [1.807, 2.05) is 0 Å². The van der Waals surface area contributed by atoms with Crippen molar-refractivity contribution in [2.24, 2.45) is 5.14 Å². The molecule has 3 N–H and O–H groups in total. The lowest BCUT2D eigenvalue weighted by atomic mass is 9.96. The molecule has 0 saturated heterocycles. The van der Waals surface area contributed by atoms with Crippen LogP contribution in [-0.2, 0) is 19.6 Å². The number of primary sulfonamides is 1. The van der Waals surface area contributed by atoms with Gasteiger partial charge in [0.25, 0.3) is 11.6 Å². The second kappa shape index (κ2) is 7.11. The van der Waals surface area contributed by atoms with Crippen molar-refractivity contribution in [1.82, 2.24) is 0 Å². The number of non-ortho nitro benzene ring substituents is 1. The second-order valence-electron chi connectivity index (χ2n) is 6.28. The first-order valence-corrected chi connectivity index (χ1v) is 9.72. The van der Waals surface area contributed by atoms with E-state index >= 15 is 0 Å². The van der Waals surface area contributed by atoms with Gasteiger partial charge in [-0.25, -0.2) is 13.6 Å². The molecule has 0 unspecified atom stereocenters. The molecular weight excluding hydrogens is 402 g/mol. The molecule has 11 heteroatoms. The number of ketones is 1. The Morgan fingerprint density at radius 2 is 1.69 bits per heavy atom. The fraction of sp³-hybridized carbons (Fsp3) is 0.111. The van der Waals surface area contributed by atoms with Crippen molar-refractivity contribution < 1.29 is 28.0 Å². The van der Waals surface area contributed by atoms with Crippen LogP contribution in [0.2, 0.25) is 0 Å². The van der Waals surface area contributed by atoms with Crippen LogP contribution in [0.15, 0.2) is 64.8 Å². The summed E-state index contributed by atoms with van der Waals surface area (Å²) < 4.78 is 22.9. The highest BCUT2D eigenvalue weighted by molar-refractivity contribution is 7.89. The minimum Gasteiger partial charge on any atom is -0.503 e. The summed E-state index contributed by atoms with van der Waals surface area (Å²) in [6.45, 7) is 1.19. The van der Waals surface area contributed by atoms with E-state index in [0.717, 1.165) is 4.90 Å². The number of carbonyl (C=O) groups excluding carboxylic acids is 2. The maximum Gasteiger partial charge on any atom is 0.294 e. The zero-order valence-corrected chi connectivity index (χ0v) is 15.8. The van der Waals surface area contributed by atoms with Gasteiger partial charge in [-0.1, -0.05) is 0 Å². The molecule has 1 aliphatic heterocycles. The fourth-order valence-corrected chi connectivity index (χ4v) is 3.64. The lowest BCUT2D eigenvalue weighted by molar-refractivity contribution is -0.384. The van der Waals surface area contributed by atoms with Crippen LogP contribution >= 0.6 is 0 Å². The lowest BCUT2D eigenvalue weighted by Gasteiger charge is -2.26. The predicted octanol–water partition coefficient (Wildman–Crippen LogP) is 1.73. The number of aliphatic hydroxyl groups is 1. The van der Waals surface area contributed by atoms with Crippen LogP contribution in [0.25, 0.3) is 0 Å². The van der Waals surface area contributed by atoms with E-state index in [9.17, 15) is 33.2 Å². The number of nitro benzene ring substituents is 1. The van der Waals surface area contributed by atoms with Crippen LogP contribution < -0.4 is 10.0 Å². The van der Waals surface area contributed by atoms with Gasteiger partial charge in [-0.05, 0) is 48.9 Å². The molecule has 1 atom stereocenters. The molecule has 1 amide bonds. The number of nitro groups is 1. The Morgan fingerprint density at radius 1 is 1.14 bits per heavy atom. The van der Waals surface area contributed by atoms with Crippen molar-refractivity contribution in [3.8, 4) is 0 Å². The minimum atomic E-state index is -3.95. The fourth-order valence-electron chi connectivity index (χ4n) is 3.12. The molecule has 10 nitrogen and oxygen atoms in total. The molecule has 0 fully saturated rings. The summed E-state index contributed by atoms with van der Waals surface area (Å²) in [6.07, 6.45) is 0. The third-order valence-corrected chi connectivity index (χ3v) is 5.38. The van der Waals surface area contributed by atoms with E-state index in [1.165, 1.54) is 55.5 Å². The van der Waals surface area contributed by atoms with Crippen molar-refractivity contribution in [2.75, 3.05) is 4.90 Å². The largest absolute Gasteiger partial charge is 0.503 e. The van der Waals surface area contributed by atoms with E-state index in [4.69, 9.17) is 5.14 Å². The SMILES string of the molecule is CC(=O)C1=C(O)C(=O)N(c2ccc(S(N)(=O)=O)cc2)[C@H]1c1ccc([N+](=O)[O-])cc1. The average Bonchev–Trinajstić information content (AvgIpc) is 2.92. The van der Waals surface area contributed by atoms with Crippen LogP contribution in [0.4, 0.5) is 11.4 Å². The third-order valence-electron chi connectivity index (χ3n) is 4.45. The van der Waals surface area contributed by atoms with Crippen LogP contribution in [0.5, 0.6) is 0 Å². The van der Waals surface area contributed by atoms with Crippen LogP contribution in [0.3, 0.4) is 0 Å². The number of nitrogens with two attached hydrogens (primary N) is 1. The number of rotatable bonds is 5. The van der Waals surface area contributed by atoms with Gasteiger partial charge in [-0.3, -0.25) is 24.6 Å². The first-order chi connectivity index (χ1) is 13.5. The standard InChI is InChI=1S/C18H15N3O7S/c1-10(22)15-16(11-2-4-13(5-3-11)21(25)26)20(18(24)17(15)23)12-6-8-14(9-7-12)29(19,27)28/h2-9,16,23H,1H3,(H2,19,27,28)/t16-/m0/s1. The monoisotopic (exact) mass is 417 g/mol. The normalized spacial score (nSPS) is 17.0. The molecule has 0 radical (unpaired) electrons. The highest BCUT2D eigenvalue weighted by Gasteiger charge is 2.43. The summed E-state index contributed by atoms with van der Waals surface area (Å²) in [7, 11) is -3.95. The topological polar surface area (TPSA) is 161 Å². The van der Waals surface area contributed by atoms with E-state index in [-0.39, 0.29) is 21.8 Å².